The van der Waals surface area contributed by atoms with Gasteiger partial charge in [0, 0.05) is 6.54 Å². The summed E-state index contributed by atoms with van der Waals surface area (Å²) in [7, 11) is 0. The van der Waals surface area contributed by atoms with Crippen LogP contribution in [0.4, 0.5) is 4.39 Å². The van der Waals surface area contributed by atoms with E-state index in [9.17, 15) is 9.18 Å². The van der Waals surface area contributed by atoms with Gasteiger partial charge in [-0.05, 0) is 42.2 Å². The van der Waals surface area contributed by atoms with E-state index in [4.69, 9.17) is 0 Å². The summed E-state index contributed by atoms with van der Waals surface area (Å²) < 4.78 is 12.9. The molecule has 28 heavy (non-hydrogen) atoms. The fraction of sp³-hybridized carbons (Fsp3) is 0.208. The summed E-state index contributed by atoms with van der Waals surface area (Å²) >= 11 is 0. The van der Waals surface area contributed by atoms with Crippen molar-refractivity contribution in [1.29, 1.82) is 0 Å². The summed E-state index contributed by atoms with van der Waals surface area (Å²) in [5.74, 6) is -0.310. The summed E-state index contributed by atoms with van der Waals surface area (Å²) in [4.78, 5) is 12.3. The van der Waals surface area contributed by atoms with Crippen LogP contribution in [0.15, 0.2) is 78.9 Å². The molecule has 0 aliphatic rings. The van der Waals surface area contributed by atoms with Gasteiger partial charge in [0.25, 0.3) is 0 Å². The second-order valence-electron chi connectivity index (χ2n) is 6.86. The van der Waals surface area contributed by atoms with E-state index >= 15 is 0 Å². The maximum atomic E-state index is 12.9. The topological polar surface area (TPSA) is 41.1 Å². The standard InChI is InChI=1S/C24H25FN2O/c1-18-7-11-21(12-8-18)24(20-5-3-2-4-6-20)27-17-23(28)26-16-15-19-9-13-22(25)14-10-19/h2-14,24,27H,15-17H2,1H3,(H,26,28)/t24-/m1/s1. The second kappa shape index (κ2) is 9.81. The SMILES string of the molecule is Cc1ccc([C@H](NCC(=O)NCCc2ccc(F)cc2)c2ccccc2)cc1. The number of halogens is 1. The predicted molar refractivity (Wildman–Crippen MR) is 111 cm³/mol. The molecular formula is C24H25FN2O. The lowest BCUT2D eigenvalue weighted by Crippen LogP contribution is -2.37. The molecule has 4 heteroatoms. The maximum Gasteiger partial charge on any atom is 0.233 e. The molecule has 3 aromatic carbocycles. The molecule has 0 radical (unpaired) electrons. The predicted octanol–water partition coefficient (Wildman–Crippen LogP) is 4.17. The van der Waals surface area contributed by atoms with Crippen LogP contribution >= 0.6 is 0 Å². The molecular weight excluding hydrogens is 351 g/mol. The fourth-order valence-electron chi connectivity index (χ4n) is 3.09. The minimum Gasteiger partial charge on any atom is -0.355 e. The zero-order chi connectivity index (χ0) is 19.8. The van der Waals surface area contributed by atoms with Crippen LogP contribution < -0.4 is 10.6 Å². The van der Waals surface area contributed by atoms with Crippen molar-refractivity contribution in [3.05, 3.63) is 107 Å². The van der Waals surface area contributed by atoms with Crippen LogP contribution in [0.5, 0.6) is 0 Å². The molecule has 3 nitrogen and oxygen atoms in total. The van der Waals surface area contributed by atoms with E-state index in [1.54, 1.807) is 12.1 Å². The smallest absolute Gasteiger partial charge is 0.233 e. The van der Waals surface area contributed by atoms with Crippen LogP contribution in [0.25, 0.3) is 0 Å². The van der Waals surface area contributed by atoms with Gasteiger partial charge in [-0.25, -0.2) is 4.39 Å². The first-order valence-corrected chi connectivity index (χ1v) is 9.48. The lowest BCUT2D eigenvalue weighted by Gasteiger charge is -2.20. The number of aryl methyl sites for hydroxylation is 1. The Morgan fingerprint density at radius 3 is 2.21 bits per heavy atom. The van der Waals surface area contributed by atoms with Crippen molar-refractivity contribution < 1.29 is 9.18 Å². The van der Waals surface area contributed by atoms with Gasteiger partial charge < -0.3 is 5.32 Å². The highest BCUT2D eigenvalue weighted by Gasteiger charge is 2.14. The highest BCUT2D eigenvalue weighted by molar-refractivity contribution is 5.78. The van der Waals surface area contributed by atoms with Gasteiger partial charge in [-0.15, -0.1) is 0 Å². The quantitative estimate of drug-likeness (QED) is 0.619. The van der Waals surface area contributed by atoms with Crippen molar-refractivity contribution in [3.63, 3.8) is 0 Å². The third-order valence-electron chi connectivity index (χ3n) is 4.66. The Labute approximate surface area is 165 Å². The molecule has 0 aliphatic heterocycles. The monoisotopic (exact) mass is 376 g/mol. The first kappa shape index (κ1) is 19.8. The van der Waals surface area contributed by atoms with Crippen LogP contribution in [0, 0.1) is 12.7 Å². The Bertz CT molecular complexity index is 877. The zero-order valence-electron chi connectivity index (χ0n) is 16.0. The van der Waals surface area contributed by atoms with Crippen molar-refractivity contribution in [1.82, 2.24) is 10.6 Å². The van der Waals surface area contributed by atoms with Gasteiger partial charge in [-0.2, -0.15) is 0 Å². The summed E-state index contributed by atoms with van der Waals surface area (Å²) in [5, 5.41) is 6.28. The Hall–Kier alpha value is -2.98. The van der Waals surface area contributed by atoms with E-state index in [0.29, 0.717) is 13.0 Å². The highest BCUT2D eigenvalue weighted by atomic mass is 19.1. The third-order valence-corrected chi connectivity index (χ3v) is 4.66. The molecule has 144 valence electrons. The van der Waals surface area contributed by atoms with E-state index in [1.807, 2.05) is 18.2 Å². The molecule has 0 bridgehead atoms. The van der Waals surface area contributed by atoms with E-state index < -0.39 is 0 Å². The molecule has 0 fully saturated rings. The van der Waals surface area contributed by atoms with E-state index in [2.05, 4.69) is 54.0 Å². The van der Waals surface area contributed by atoms with E-state index in [-0.39, 0.29) is 24.3 Å². The highest BCUT2D eigenvalue weighted by Crippen LogP contribution is 2.22. The minimum atomic E-state index is -0.250. The number of rotatable bonds is 8. The molecule has 1 amide bonds. The lowest BCUT2D eigenvalue weighted by molar-refractivity contribution is -0.120. The Kier molecular flexibility index (Phi) is 6.93. The van der Waals surface area contributed by atoms with Gasteiger partial charge in [0.05, 0.1) is 12.6 Å². The molecule has 3 rings (SSSR count). The van der Waals surface area contributed by atoms with Crippen LogP contribution in [0.2, 0.25) is 0 Å². The number of benzene rings is 3. The molecule has 2 N–H and O–H groups in total. The Morgan fingerprint density at radius 2 is 1.54 bits per heavy atom. The minimum absolute atomic E-state index is 0.0513. The van der Waals surface area contributed by atoms with Crippen molar-refractivity contribution in [2.45, 2.75) is 19.4 Å². The summed E-state index contributed by atoms with van der Waals surface area (Å²) in [5.41, 5.74) is 4.44. The van der Waals surface area contributed by atoms with Crippen molar-refractivity contribution in [2.24, 2.45) is 0 Å². The molecule has 0 saturated heterocycles. The Morgan fingerprint density at radius 1 is 0.893 bits per heavy atom. The zero-order valence-corrected chi connectivity index (χ0v) is 16.0. The van der Waals surface area contributed by atoms with Crippen molar-refractivity contribution >= 4 is 5.91 Å². The Balaban J connectivity index is 1.56. The van der Waals surface area contributed by atoms with Gasteiger partial charge >= 0.3 is 0 Å². The summed E-state index contributed by atoms with van der Waals surface area (Å²) in [6.07, 6.45) is 0.673. The van der Waals surface area contributed by atoms with Crippen molar-refractivity contribution in [2.75, 3.05) is 13.1 Å². The molecule has 0 heterocycles. The maximum absolute atomic E-state index is 12.9. The van der Waals surface area contributed by atoms with Crippen molar-refractivity contribution in [3.8, 4) is 0 Å². The number of carbonyl (C=O) groups excluding carboxylic acids is 1. The number of hydrogen-bond donors (Lipinski definition) is 2. The van der Waals surface area contributed by atoms with Gasteiger partial charge in [0.1, 0.15) is 5.82 Å². The first-order valence-electron chi connectivity index (χ1n) is 9.48. The molecule has 0 unspecified atom stereocenters. The largest absolute Gasteiger partial charge is 0.355 e. The van der Waals surface area contributed by atoms with Gasteiger partial charge in [-0.1, -0.05) is 72.3 Å². The first-order chi connectivity index (χ1) is 13.6. The average molecular weight is 376 g/mol. The third kappa shape index (κ3) is 5.76. The lowest BCUT2D eigenvalue weighted by atomic mass is 9.98. The normalized spacial score (nSPS) is 11.8. The molecule has 1 atom stereocenters. The van der Waals surface area contributed by atoms with Crippen LogP contribution in [-0.2, 0) is 11.2 Å². The average Bonchev–Trinajstić information content (AvgIpc) is 2.72. The van der Waals surface area contributed by atoms with Gasteiger partial charge in [0.15, 0.2) is 0 Å². The number of nitrogens with one attached hydrogen (secondary N) is 2. The number of carbonyl (C=O) groups is 1. The molecule has 0 spiro atoms. The fourth-order valence-corrected chi connectivity index (χ4v) is 3.09. The van der Waals surface area contributed by atoms with Gasteiger partial charge in [0.2, 0.25) is 5.91 Å². The van der Waals surface area contributed by atoms with Crippen LogP contribution in [0.1, 0.15) is 28.3 Å². The van der Waals surface area contributed by atoms with E-state index in [0.717, 1.165) is 16.7 Å². The molecule has 3 aromatic rings. The second-order valence-corrected chi connectivity index (χ2v) is 6.86. The summed E-state index contributed by atoms with van der Waals surface area (Å²) in [6, 6.07) is 24.7. The van der Waals surface area contributed by atoms with Gasteiger partial charge in [-0.3, -0.25) is 10.1 Å². The molecule has 0 saturated carbocycles. The summed E-state index contributed by atoms with van der Waals surface area (Å²) in [6.45, 7) is 2.80. The number of hydrogen-bond acceptors (Lipinski definition) is 2. The number of amides is 1. The molecule has 0 aromatic heterocycles. The van der Waals surface area contributed by atoms with Crippen LogP contribution in [0.3, 0.4) is 0 Å². The van der Waals surface area contributed by atoms with E-state index in [1.165, 1.54) is 17.7 Å². The molecule has 0 aliphatic carbocycles. The van der Waals surface area contributed by atoms with Crippen LogP contribution in [-0.4, -0.2) is 19.0 Å².